The van der Waals surface area contributed by atoms with Crippen LogP contribution in [0.2, 0.25) is 0 Å². The number of rotatable bonds is 6. The summed E-state index contributed by atoms with van der Waals surface area (Å²) in [6.07, 6.45) is 1.10. The van der Waals surface area contributed by atoms with E-state index in [0.29, 0.717) is 12.8 Å². The number of hydrogen-bond acceptors (Lipinski definition) is 3. The Labute approximate surface area is 110 Å². The normalized spacial score (nSPS) is 11.7. The smallest absolute Gasteiger partial charge is 0.387 e. The summed E-state index contributed by atoms with van der Waals surface area (Å²) >= 11 is 0. The fourth-order valence-electron chi connectivity index (χ4n) is 1.53. The van der Waals surface area contributed by atoms with Crippen molar-refractivity contribution >= 4 is 11.6 Å². The van der Waals surface area contributed by atoms with Crippen LogP contribution in [0.1, 0.15) is 19.8 Å². The SMILES string of the molecule is CCCC(C#N)C(=O)Nc1ccccc1OC(F)F. The second kappa shape index (κ2) is 7.31. The predicted octanol–water partition coefficient (Wildman–Crippen LogP) is 3.17. The molecule has 0 saturated heterocycles. The molecule has 0 spiro atoms. The van der Waals surface area contributed by atoms with E-state index < -0.39 is 18.4 Å². The molecule has 0 aromatic heterocycles. The van der Waals surface area contributed by atoms with Gasteiger partial charge in [0.1, 0.15) is 11.7 Å². The maximum atomic E-state index is 12.2. The van der Waals surface area contributed by atoms with Gasteiger partial charge in [-0.1, -0.05) is 25.5 Å². The van der Waals surface area contributed by atoms with E-state index in [0.717, 1.165) is 0 Å². The number of ether oxygens (including phenoxy) is 1. The van der Waals surface area contributed by atoms with Crippen LogP contribution in [-0.4, -0.2) is 12.5 Å². The van der Waals surface area contributed by atoms with Crippen molar-refractivity contribution in [2.75, 3.05) is 5.32 Å². The lowest BCUT2D eigenvalue weighted by Gasteiger charge is -2.13. The van der Waals surface area contributed by atoms with Gasteiger partial charge in [0, 0.05) is 0 Å². The monoisotopic (exact) mass is 268 g/mol. The highest BCUT2D eigenvalue weighted by atomic mass is 19.3. The zero-order valence-corrected chi connectivity index (χ0v) is 10.4. The number of nitrogens with one attached hydrogen (secondary N) is 1. The topological polar surface area (TPSA) is 62.1 Å². The lowest BCUT2D eigenvalue weighted by atomic mass is 10.0. The van der Waals surface area contributed by atoms with Crippen LogP contribution in [0.25, 0.3) is 0 Å². The van der Waals surface area contributed by atoms with Crippen molar-refractivity contribution in [3.63, 3.8) is 0 Å². The fraction of sp³-hybridized carbons (Fsp3) is 0.385. The Bertz CT molecular complexity index is 472. The minimum atomic E-state index is -2.97. The van der Waals surface area contributed by atoms with Crippen LogP contribution < -0.4 is 10.1 Å². The van der Waals surface area contributed by atoms with Crippen LogP contribution in [0.3, 0.4) is 0 Å². The maximum absolute atomic E-state index is 12.2. The number of alkyl halides is 2. The van der Waals surface area contributed by atoms with E-state index in [1.54, 1.807) is 6.07 Å². The molecule has 19 heavy (non-hydrogen) atoms. The first-order valence-electron chi connectivity index (χ1n) is 5.82. The molecule has 6 heteroatoms. The van der Waals surface area contributed by atoms with Gasteiger partial charge in [-0.05, 0) is 18.6 Å². The quantitative estimate of drug-likeness (QED) is 0.862. The lowest BCUT2D eigenvalue weighted by molar-refractivity contribution is -0.118. The molecule has 0 saturated carbocycles. The summed E-state index contributed by atoms with van der Waals surface area (Å²) in [5.74, 6) is -1.45. The highest BCUT2D eigenvalue weighted by Gasteiger charge is 2.18. The molecule has 1 N–H and O–H groups in total. The van der Waals surface area contributed by atoms with Crippen LogP contribution in [-0.2, 0) is 4.79 Å². The van der Waals surface area contributed by atoms with Gasteiger partial charge < -0.3 is 10.1 Å². The van der Waals surface area contributed by atoms with Crippen molar-refractivity contribution in [1.82, 2.24) is 0 Å². The molecule has 0 radical (unpaired) electrons. The average Bonchev–Trinajstić information content (AvgIpc) is 2.37. The van der Waals surface area contributed by atoms with Gasteiger partial charge in [-0.3, -0.25) is 4.79 Å². The number of halogens is 2. The van der Waals surface area contributed by atoms with Crippen molar-refractivity contribution in [2.24, 2.45) is 5.92 Å². The third-order valence-electron chi connectivity index (χ3n) is 2.41. The molecular weight excluding hydrogens is 254 g/mol. The molecule has 1 rings (SSSR count). The summed E-state index contributed by atoms with van der Waals surface area (Å²) in [7, 11) is 0. The number of hydrogen-bond donors (Lipinski definition) is 1. The molecule has 0 aliphatic heterocycles. The van der Waals surface area contributed by atoms with E-state index in [4.69, 9.17) is 5.26 Å². The number of nitrogens with zero attached hydrogens (tertiary/aromatic N) is 1. The van der Waals surface area contributed by atoms with Crippen molar-refractivity contribution in [2.45, 2.75) is 26.4 Å². The summed E-state index contributed by atoms with van der Waals surface area (Å²) in [5, 5.41) is 11.3. The first kappa shape index (κ1) is 14.9. The molecular formula is C13H14F2N2O2. The van der Waals surface area contributed by atoms with E-state index in [2.05, 4.69) is 10.1 Å². The Kier molecular flexibility index (Phi) is 5.73. The summed E-state index contributed by atoms with van der Waals surface area (Å²) < 4.78 is 28.7. The zero-order valence-electron chi connectivity index (χ0n) is 10.4. The maximum Gasteiger partial charge on any atom is 0.387 e. The van der Waals surface area contributed by atoms with E-state index in [9.17, 15) is 13.6 Å². The molecule has 0 bridgehead atoms. The Balaban J connectivity index is 2.81. The molecule has 1 amide bonds. The number of para-hydroxylation sites is 2. The number of benzene rings is 1. The molecule has 0 fully saturated rings. The number of amides is 1. The van der Waals surface area contributed by atoms with Gasteiger partial charge in [0.05, 0.1) is 11.8 Å². The highest BCUT2D eigenvalue weighted by Crippen LogP contribution is 2.26. The summed E-state index contributed by atoms with van der Waals surface area (Å²) in [6.45, 7) is -1.12. The third kappa shape index (κ3) is 4.54. The first-order valence-corrected chi connectivity index (χ1v) is 5.82. The van der Waals surface area contributed by atoms with Crippen molar-refractivity contribution in [3.05, 3.63) is 24.3 Å². The minimum absolute atomic E-state index is 0.126. The Morgan fingerprint density at radius 1 is 1.47 bits per heavy atom. The van der Waals surface area contributed by atoms with E-state index in [1.807, 2.05) is 13.0 Å². The molecule has 0 heterocycles. The Morgan fingerprint density at radius 3 is 2.74 bits per heavy atom. The third-order valence-corrected chi connectivity index (χ3v) is 2.41. The standard InChI is InChI=1S/C13H14F2N2O2/c1-2-5-9(8-16)12(18)17-10-6-3-4-7-11(10)19-13(14)15/h3-4,6-7,9,13H,2,5H2,1H3,(H,17,18). The minimum Gasteiger partial charge on any atom is -0.433 e. The molecule has 102 valence electrons. The average molecular weight is 268 g/mol. The molecule has 4 nitrogen and oxygen atoms in total. The summed E-state index contributed by atoms with van der Waals surface area (Å²) in [4.78, 5) is 11.8. The van der Waals surface area contributed by atoms with Gasteiger partial charge in [0.15, 0.2) is 0 Å². The highest BCUT2D eigenvalue weighted by molar-refractivity contribution is 5.95. The van der Waals surface area contributed by atoms with E-state index in [1.165, 1.54) is 18.2 Å². The van der Waals surface area contributed by atoms with Gasteiger partial charge >= 0.3 is 6.61 Å². The molecule has 0 aliphatic carbocycles. The van der Waals surface area contributed by atoms with Gasteiger partial charge in [-0.25, -0.2) is 0 Å². The van der Waals surface area contributed by atoms with Crippen LogP contribution in [0.15, 0.2) is 24.3 Å². The van der Waals surface area contributed by atoms with Gasteiger partial charge in [0.25, 0.3) is 0 Å². The molecule has 1 unspecified atom stereocenters. The van der Waals surface area contributed by atoms with Crippen LogP contribution in [0.5, 0.6) is 5.75 Å². The second-order valence-electron chi connectivity index (χ2n) is 3.83. The van der Waals surface area contributed by atoms with Gasteiger partial charge in [0.2, 0.25) is 5.91 Å². The van der Waals surface area contributed by atoms with Crippen LogP contribution in [0.4, 0.5) is 14.5 Å². The van der Waals surface area contributed by atoms with Crippen molar-refractivity contribution in [1.29, 1.82) is 5.26 Å². The molecule has 0 aliphatic rings. The predicted molar refractivity (Wildman–Crippen MR) is 65.7 cm³/mol. The molecule has 1 aromatic rings. The van der Waals surface area contributed by atoms with E-state index in [-0.39, 0.29) is 11.4 Å². The van der Waals surface area contributed by atoms with Crippen LogP contribution in [0, 0.1) is 17.2 Å². The largest absolute Gasteiger partial charge is 0.433 e. The number of carbonyl (C=O) groups excluding carboxylic acids is 1. The number of anilines is 1. The number of carbonyl (C=O) groups is 1. The second-order valence-corrected chi connectivity index (χ2v) is 3.83. The lowest BCUT2D eigenvalue weighted by Crippen LogP contribution is -2.22. The first-order chi connectivity index (χ1) is 9.08. The molecule has 1 aromatic carbocycles. The molecule has 1 atom stereocenters. The fourth-order valence-corrected chi connectivity index (χ4v) is 1.53. The zero-order chi connectivity index (χ0) is 14.3. The Hall–Kier alpha value is -2.16. The van der Waals surface area contributed by atoms with Gasteiger partial charge in [-0.15, -0.1) is 0 Å². The van der Waals surface area contributed by atoms with E-state index >= 15 is 0 Å². The van der Waals surface area contributed by atoms with Gasteiger partial charge in [-0.2, -0.15) is 14.0 Å². The summed E-state index contributed by atoms with van der Waals surface area (Å²) in [6, 6.07) is 7.74. The Morgan fingerprint density at radius 2 is 2.16 bits per heavy atom. The van der Waals surface area contributed by atoms with Crippen molar-refractivity contribution < 1.29 is 18.3 Å². The van der Waals surface area contributed by atoms with Crippen LogP contribution >= 0.6 is 0 Å². The van der Waals surface area contributed by atoms with Crippen molar-refractivity contribution in [3.8, 4) is 11.8 Å². The number of nitriles is 1. The summed E-state index contributed by atoms with van der Waals surface area (Å²) in [5.41, 5.74) is 0.129.